The molecule has 1 aliphatic carbocycles. The van der Waals surface area contributed by atoms with E-state index < -0.39 is 11.8 Å². The minimum absolute atomic E-state index is 0.123. The van der Waals surface area contributed by atoms with Crippen LogP contribution >= 0.6 is 0 Å². The van der Waals surface area contributed by atoms with Crippen molar-refractivity contribution in [3.63, 3.8) is 0 Å². The van der Waals surface area contributed by atoms with Crippen LogP contribution in [0.3, 0.4) is 0 Å². The van der Waals surface area contributed by atoms with Gasteiger partial charge in [-0.2, -0.15) is 0 Å². The number of nitrogens with one attached hydrogen (secondary N) is 1. The van der Waals surface area contributed by atoms with E-state index in [2.05, 4.69) is 24.1 Å². The molecular formula is C22H30N4O3. The molecule has 0 spiro atoms. The van der Waals surface area contributed by atoms with Gasteiger partial charge in [-0.05, 0) is 30.4 Å². The number of likely N-dealkylation sites (N-methyl/N-ethyl adjacent to an activating group) is 1. The Kier molecular flexibility index (Phi) is 6.59. The van der Waals surface area contributed by atoms with Gasteiger partial charge in [0.15, 0.2) is 0 Å². The molecular weight excluding hydrogens is 368 g/mol. The summed E-state index contributed by atoms with van der Waals surface area (Å²) in [5, 5.41) is 2.88. The zero-order valence-electron chi connectivity index (χ0n) is 17.4. The van der Waals surface area contributed by atoms with E-state index in [0.717, 1.165) is 11.3 Å². The van der Waals surface area contributed by atoms with Crippen molar-refractivity contribution in [2.75, 3.05) is 26.3 Å². The van der Waals surface area contributed by atoms with Gasteiger partial charge in [0.25, 0.3) is 0 Å². The Morgan fingerprint density at radius 3 is 2.79 bits per heavy atom. The lowest BCUT2D eigenvalue weighted by atomic mass is 9.63. The van der Waals surface area contributed by atoms with Crippen LogP contribution in [0, 0.1) is 11.3 Å². The smallest absolute Gasteiger partial charge is 0.249 e. The molecule has 3 rings (SSSR count). The quantitative estimate of drug-likeness (QED) is 0.683. The maximum Gasteiger partial charge on any atom is 0.249 e. The summed E-state index contributed by atoms with van der Waals surface area (Å²) >= 11 is 0. The van der Waals surface area contributed by atoms with Gasteiger partial charge in [0.2, 0.25) is 5.91 Å². The third kappa shape index (κ3) is 4.62. The van der Waals surface area contributed by atoms with E-state index in [1.165, 1.54) is 0 Å². The fourth-order valence-corrected chi connectivity index (χ4v) is 4.31. The van der Waals surface area contributed by atoms with Gasteiger partial charge in [0.05, 0.1) is 24.8 Å². The Hall–Kier alpha value is -2.38. The number of amides is 1. The van der Waals surface area contributed by atoms with Crippen LogP contribution in [0.15, 0.2) is 40.8 Å². The topological polar surface area (TPSA) is 107 Å². The molecule has 1 aliphatic heterocycles. The normalized spacial score (nSPS) is 23.4. The maximum atomic E-state index is 13.2. The van der Waals surface area contributed by atoms with Gasteiger partial charge in [0, 0.05) is 49.1 Å². The number of carbonyl (C=O) groups is 2. The predicted octanol–water partition coefficient (Wildman–Crippen LogP) is 1.99. The summed E-state index contributed by atoms with van der Waals surface area (Å²) in [5.74, 6) is -0.948. The molecule has 2 heterocycles. The molecule has 2 aliphatic rings. The van der Waals surface area contributed by atoms with Crippen LogP contribution in [-0.4, -0.2) is 48.7 Å². The molecule has 1 aromatic rings. The van der Waals surface area contributed by atoms with Gasteiger partial charge in [-0.1, -0.05) is 19.9 Å². The Morgan fingerprint density at radius 1 is 1.34 bits per heavy atom. The Balaban J connectivity index is 2.15. The number of nitrogens with two attached hydrogens (primary N) is 1. The summed E-state index contributed by atoms with van der Waals surface area (Å²) in [6.07, 6.45) is 4.60. The van der Waals surface area contributed by atoms with Crippen molar-refractivity contribution in [3.05, 3.63) is 41.4 Å². The van der Waals surface area contributed by atoms with Crippen LogP contribution in [0.1, 0.15) is 45.1 Å². The first-order chi connectivity index (χ1) is 13.9. The number of nitrogens with zero attached hydrogens (tertiary/aromatic N) is 2. The van der Waals surface area contributed by atoms with Gasteiger partial charge in [-0.15, -0.1) is 0 Å². The summed E-state index contributed by atoms with van der Waals surface area (Å²) in [5.41, 5.74) is 8.15. The lowest BCUT2D eigenvalue weighted by Crippen LogP contribution is -2.45. The van der Waals surface area contributed by atoms with Crippen molar-refractivity contribution in [1.29, 1.82) is 0 Å². The summed E-state index contributed by atoms with van der Waals surface area (Å²) < 4.78 is 5.65. The molecule has 0 aromatic carbocycles. The molecule has 0 saturated heterocycles. The number of hydrogen-bond acceptors (Lipinski definition) is 6. The number of ether oxygens (including phenoxy) is 1. The second-order valence-electron chi connectivity index (χ2n) is 8.39. The second-order valence-corrected chi connectivity index (χ2v) is 8.39. The Labute approximate surface area is 171 Å². The van der Waals surface area contributed by atoms with Crippen LogP contribution in [0.2, 0.25) is 0 Å². The molecule has 1 fully saturated rings. The molecule has 1 amide bonds. The third-order valence-electron chi connectivity index (χ3n) is 5.38. The minimum Gasteiger partial charge on any atom is -0.374 e. The fraction of sp³-hybridized carbons (Fsp3) is 0.545. The molecule has 0 radical (unpaired) electrons. The highest BCUT2D eigenvalue weighted by Gasteiger charge is 2.47. The standard InChI is InChI=1S/C22H30N4O3/c1-4-25-21(28)20-16(13-29-9-7-23)26-15-10-22(2,3)11-17(27)19(15)18(20)14-6-5-8-24-12-14/h5-6,8,12,18-19H,4,7,9-11,13,23H2,1-3H3,(H,25,28). The summed E-state index contributed by atoms with van der Waals surface area (Å²) in [6.45, 7) is 7.47. The number of carbonyl (C=O) groups excluding carboxylic acids is 2. The van der Waals surface area contributed by atoms with E-state index in [4.69, 9.17) is 15.5 Å². The molecule has 3 N–H and O–H groups in total. The van der Waals surface area contributed by atoms with Crippen molar-refractivity contribution in [2.24, 2.45) is 22.1 Å². The largest absolute Gasteiger partial charge is 0.374 e. The molecule has 1 aromatic heterocycles. The van der Waals surface area contributed by atoms with Crippen molar-refractivity contribution < 1.29 is 14.3 Å². The molecule has 29 heavy (non-hydrogen) atoms. The minimum atomic E-state index is -0.442. The number of ketones is 1. The van der Waals surface area contributed by atoms with E-state index in [1.54, 1.807) is 12.4 Å². The molecule has 1 saturated carbocycles. The van der Waals surface area contributed by atoms with E-state index in [1.807, 2.05) is 19.1 Å². The van der Waals surface area contributed by atoms with Crippen LogP contribution in [0.5, 0.6) is 0 Å². The average Bonchev–Trinajstić information content (AvgIpc) is 2.67. The lowest BCUT2D eigenvalue weighted by molar-refractivity contribution is -0.124. The molecule has 0 bridgehead atoms. The van der Waals surface area contributed by atoms with E-state index in [0.29, 0.717) is 43.8 Å². The van der Waals surface area contributed by atoms with E-state index in [-0.39, 0.29) is 23.7 Å². The predicted molar refractivity (Wildman–Crippen MR) is 112 cm³/mol. The van der Waals surface area contributed by atoms with Crippen LogP contribution in [0.4, 0.5) is 0 Å². The van der Waals surface area contributed by atoms with Gasteiger partial charge in [-0.25, -0.2) is 0 Å². The monoisotopic (exact) mass is 398 g/mol. The van der Waals surface area contributed by atoms with E-state index in [9.17, 15) is 9.59 Å². The first-order valence-corrected chi connectivity index (χ1v) is 10.2. The molecule has 2 atom stereocenters. The number of fused-ring (bicyclic) bond motifs is 1. The number of rotatable bonds is 7. The summed E-state index contributed by atoms with van der Waals surface area (Å²) in [7, 11) is 0. The second kappa shape index (κ2) is 8.97. The molecule has 7 heteroatoms. The number of aromatic nitrogens is 1. The Bertz CT molecular complexity index is 830. The van der Waals surface area contributed by atoms with Gasteiger partial charge in [0.1, 0.15) is 5.78 Å². The molecule has 2 unspecified atom stereocenters. The fourth-order valence-electron chi connectivity index (χ4n) is 4.31. The van der Waals surface area contributed by atoms with Crippen molar-refractivity contribution in [1.82, 2.24) is 10.3 Å². The molecule has 7 nitrogen and oxygen atoms in total. The highest BCUT2D eigenvalue weighted by molar-refractivity contribution is 6.12. The van der Waals surface area contributed by atoms with Gasteiger partial charge >= 0.3 is 0 Å². The zero-order valence-corrected chi connectivity index (χ0v) is 17.4. The lowest BCUT2D eigenvalue weighted by Gasteiger charge is -2.41. The van der Waals surface area contributed by atoms with Crippen molar-refractivity contribution in [2.45, 2.75) is 39.5 Å². The number of Topliss-reactive ketones (excluding diaryl/α,β-unsaturated/α-hetero) is 1. The number of pyridine rings is 1. The first kappa shape index (κ1) is 21.3. The SMILES string of the molecule is CCNC(=O)C1=C(COCCN)N=C2CC(C)(C)CC(=O)C2C1c1cccnc1. The molecule has 156 valence electrons. The Morgan fingerprint density at radius 2 is 2.14 bits per heavy atom. The average molecular weight is 399 g/mol. The highest BCUT2D eigenvalue weighted by atomic mass is 16.5. The zero-order chi connectivity index (χ0) is 21.0. The van der Waals surface area contributed by atoms with Crippen LogP contribution in [0.25, 0.3) is 0 Å². The van der Waals surface area contributed by atoms with Crippen molar-refractivity contribution in [3.8, 4) is 0 Å². The maximum absolute atomic E-state index is 13.2. The number of aliphatic imine (C=N–C) groups is 1. The third-order valence-corrected chi connectivity index (χ3v) is 5.38. The van der Waals surface area contributed by atoms with Crippen LogP contribution < -0.4 is 11.1 Å². The summed E-state index contributed by atoms with van der Waals surface area (Å²) in [6, 6.07) is 3.75. The van der Waals surface area contributed by atoms with Crippen LogP contribution in [-0.2, 0) is 14.3 Å². The van der Waals surface area contributed by atoms with E-state index >= 15 is 0 Å². The number of hydrogen-bond donors (Lipinski definition) is 2. The van der Waals surface area contributed by atoms with Crippen molar-refractivity contribution >= 4 is 17.4 Å². The van der Waals surface area contributed by atoms with Gasteiger partial charge in [-0.3, -0.25) is 19.6 Å². The highest BCUT2D eigenvalue weighted by Crippen LogP contribution is 2.46. The first-order valence-electron chi connectivity index (χ1n) is 10.2. The summed E-state index contributed by atoms with van der Waals surface area (Å²) in [4.78, 5) is 35.3. The van der Waals surface area contributed by atoms with Gasteiger partial charge < -0.3 is 15.8 Å².